The molecule has 0 aromatic heterocycles. The molecule has 7 heteroatoms. The summed E-state index contributed by atoms with van der Waals surface area (Å²) in [5, 5.41) is 0. The molecule has 2 aliphatic rings. The fraction of sp³-hybridized carbons (Fsp3) is 0.458. The molecule has 4 rings (SSSR count). The summed E-state index contributed by atoms with van der Waals surface area (Å²) in [5.41, 5.74) is 0. The van der Waals surface area contributed by atoms with Crippen LogP contribution in [0.3, 0.4) is 0 Å². The topological polar surface area (TPSA) is 66.9 Å². The van der Waals surface area contributed by atoms with E-state index in [-0.39, 0.29) is 10.8 Å². The van der Waals surface area contributed by atoms with Crippen LogP contribution in [0.4, 0.5) is 0 Å². The molecule has 31 heavy (non-hydrogen) atoms. The minimum atomic E-state index is -3.68. The van der Waals surface area contributed by atoms with Gasteiger partial charge in [0.2, 0.25) is 15.9 Å². The molecule has 2 saturated heterocycles. The van der Waals surface area contributed by atoms with Crippen molar-refractivity contribution in [2.24, 2.45) is 5.92 Å². The normalized spacial score (nSPS) is 21.0. The third-order valence-electron chi connectivity index (χ3n) is 6.24. The Morgan fingerprint density at radius 2 is 1.52 bits per heavy atom. The van der Waals surface area contributed by atoms with E-state index in [9.17, 15) is 13.2 Å². The highest BCUT2D eigenvalue weighted by atomic mass is 32.2. The van der Waals surface area contributed by atoms with Crippen molar-refractivity contribution in [3.63, 3.8) is 0 Å². The van der Waals surface area contributed by atoms with Crippen molar-refractivity contribution in [3.05, 3.63) is 60.7 Å². The van der Waals surface area contributed by atoms with E-state index in [2.05, 4.69) is 0 Å². The molecular weight excluding hydrogens is 412 g/mol. The number of hydrogen-bond donors (Lipinski definition) is 0. The van der Waals surface area contributed by atoms with Gasteiger partial charge in [-0.05, 0) is 55.9 Å². The largest absolute Gasteiger partial charge is 0.493 e. The zero-order valence-electron chi connectivity index (χ0n) is 17.7. The van der Waals surface area contributed by atoms with Gasteiger partial charge in [-0.3, -0.25) is 4.79 Å². The molecule has 2 aromatic carbocycles. The highest BCUT2D eigenvalue weighted by Gasteiger charge is 2.40. The summed E-state index contributed by atoms with van der Waals surface area (Å²) in [6.07, 6.45) is 3.99. The summed E-state index contributed by atoms with van der Waals surface area (Å²) in [4.78, 5) is 15.4. The molecule has 0 spiro atoms. The van der Waals surface area contributed by atoms with Crippen LogP contribution in [0.1, 0.15) is 32.1 Å². The Morgan fingerprint density at radius 3 is 2.19 bits per heavy atom. The first kappa shape index (κ1) is 21.8. The van der Waals surface area contributed by atoms with Crippen LogP contribution in [0, 0.1) is 5.92 Å². The van der Waals surface area contributed by atoms with Crippen molar-refractivity contribution >= 4 is 15.9 Å². The monoisotopic (exact) mass is 442 g/mol. The lowest BCUT2D eigenvalue weighted by Crippen LogP contribution is -2.54. The minimum Gasteiger partial charge on any atom is -0.493 e. The fourth-order valence-corrected chi connectivity index (χ4v) is 6.10. The van der Waals surface area contributed by atoms with Crippen LogP contribution in [-0.2, 0) is 14.8 Å². The van der Waals surface area contributed by atoms with Gasteiger partial charge in [-0.15, -0.1) is 0 Å². The number of piperidine rings is 2. The SMILES string of the molecule is O=C(C1CCCCN1S(=O)(=O)c1ccccc1)N1CCC(COc2ccccc2)CC1. The van der Waals surface area contributed by atoms with E-state index >= 15 is 0 Å². The van der Waals surface area contributed by atoms with Crippen molar-refractivity contribution < 1.29 is 17.9 Å². The number of carbonyl (C=O) groups excluding carboxylic acids is 1. The van der Waals surface area contributed by atoms with E-state index in [0.717, 1.165) is 31.4 Å². The zero-order chi connectivity index (χ0) is 21.7. The average molecular weight is 443 g/mol. The molecule has 1 atom stereocenters. The number of amides is 1. The molecule has 0 N–H and O–H groups in total. The summed E-state index contributed by atoms with van der Waals surface area (Å²) < 4.78 is 33.7. The Bertz CT molecular complexity index is 958. The highest BCUT2D eigenvalue weighted by molar-refractivity contribution is 7.89. The Kier molecular flexibility index (Phi) is 6.92. The second-order valence-electron chi connectivity index (χ2n) is 8.33. The highest BCUT2D eigenvalue weighted by Crippen LogP contribution is 2.28. The van der Waals surface area contributed by atoms with Crippen LogP contribution in [-0.4, -0.2) is 55.8 Å². The van der Waals surface area contributed by atoms with E-state index in [1.165, 1.54) is 4.31 Å². The van der Waals surface area contributed by atoms with Gasteiger partial charge < -0.3 is 9.64 Å². The van der Waals surface area contributed by atoms with E-state index in [0.29, 0.717) is 38.6 Å². The standard InChI is InChI=1S/C24H30N2O4S/c27-24(25-17-14-20(15-18-25)19-30-21-9-3-1-4-10-21)23-13-7-8-16-26(23)31(28,29)22-11-5-2-6-12-22/h1-6,9-12,20,23H,7-8,13-19H2. The zero-order valence-corrected chi connectivity index (χ0v) is 18.5. The first-order valence-electron chi connectivity index (χ1n) is 11.1. The van der Waals surface area contributed by atoms with Crippen molar-refractivity contribution in [3.8, 4) is 5.75 Å². The van der Waals surface area contributed by atoms with Gasteiger partial charge in [0.15, 0.2) is 0 Å². The summed E-state index contributed by atoms with van der Waals surface area (Å²) in [6, 6.07) is 17.6. The molecular formula is C24H30N2O4S. The lowest BCUT2D eigenvalue weighted by molar-refractivity contribution is -0.137. The van der Waals surface area contributed by atoms with E-state index in [1.54, 1.807) is 30.3 Å². The number of likely N-dealkylation sites (tertiary alicyclic amines) is 1. The van der Waals surface area contributed by atoms with Gasteiger partial charge >= 0.3 is 0 Å². The van der Waals surface area contributed by atoms with Crippen molar-refractivity contribution in [2.45, 2.75) is 43.0 Å². The molecule has 166 valence electrons. The molecule has 2 heterocycles. The third-order valence-corrected chi connectivity index (χ3v) is 8.17. The second kappa shape index (κ2) is 9.83. The molecule has 0 aliphatic carbocycles. The molecule has 2 aromatic rings. The fourth-order valence-electron chi connectivity index (χ4n) is 4.43. The molecule has 2 fully saturated rings. The Hall–Kier alpha value is -2.38. The van der Waals surface area contributed by atoms with Crippen molar-refractivity contribution in [1.29, 1.82) is 0 Å². The summed E-state index contributed by atoms with van der Waals surface area (Å²) in [6.45, 7) is 2.34. The Balaban J connectivity index is 1.37. The smallest absolute Gasteiger partial charge is 0.243 e. The van der Waals surface area contributed by atoms with Crippen LogP contribution >= 0.6 is 0 Å². The number of rotatable bonds is 6. The second-order valence-corrected chi connectivity index (χ2v) is 10.2. The lowest BCUT2D eigenvalue weighted by atomic mass is 9.96. The number of nitrogens with zero attached hydrogens (tertiary/aromatic N) is 2. The quantitative estimate of drug-likeness (QED) is 0.686. The van der Waals surface area contributed by atoms with Crippen LogP contribution in [0.25, 0.3) is 0 Å². The van der Waals surface area contributed by atoms with Gasteiger partial charge in [0.1, 0.15) is 11.8 Å². The number of benzene rings is 2. The lowest BCUT2D eigenvalue weighted by Gasteiger charge is -2.39. The van der Waals surface area contributed by atoms with Crippen molar-refractivity contribution in [2.75, 3.05) is 26.2 Å². The third kappa shape index (κ3) is 5.10. The maximum atomic E-state index is 13.3. The van der Waals surface area contributed by atoms with Gasteiger partial charge in [0, 0.05) is 19.6 Å². The predicted molar refractivity (Wildman–Crippen MR) is 119 cm³/mol. The number of ether oxygens (including phenoxy) is 1. The van der Waals surface area contributed by atoms with Gasteiger partial charge in [-0.25, -0.2) is 8.42 Å². The van der Waals surface area contributed by atoms with Crippen LogP contribution in [0.5, 0.6) is 5.75 Å². The van der Waals surface area contributed by atoms with Crippen LogP contribution in [0.15, 0.2) is 65.6 Å². The predicted octanol–water partition coefficient (Wildman–Crippen LogP) is 3.55. The van der Waals surface area contributed by atoms with E-state index in [4.69, 9.17) is 4.74 Å². The minimum absolute atomic E-state index is 0.0540. The molecule has 0 saturated carbocycles. The first-order valence-corrected chi connectivity index (χ1v) is 12.5. The molecule has 0 bridgehead atoms. The average Bonchev–Trinajstić information content (AvgIpc) is 2.84. The molecule has 2 aliphatic heterocycles. The van der Waals surface area contributed by atoms with E-state index in [1.807, 2.05) is 35.2 Å². The summed E-state index contributed by atoms with van der Waals surface area (Å²) >= 11 is 0. The maximum absolute atomic E-state index is 13.3. The summed E-state index contributed by atoms with van der Waals surface area (Å²) in [7, 11) is -3.68. The number of carbonyl (C=O) groups is 1. The molecule has 0 radical (unpaired) electrons. The first-order chi connectivity index (χ1) is 15.1. The Morgan fingerprint density at radius 1 is 0.871 bits per heavy atom. The van der Waals surface area contributed by atoms with Gasteiger partial charge in [-0.2, -0.15) is 4.31 Å². The number of sulfonamides is 1. The summed E-state index contributed by atoms with van der Waals surface area (Å²) in [5.74, 6) is 1.21. The van der Waals surface area contributed by atoms with Crippen LogP contribution in [0.2, 0.25) is 0 Å². The molecule has 1 amide bonds. The van der Waals surface area contributed by atoms with Crippen molar-refractivity contribution in [1.82, 2.24) is 9.21 Å². The van der Waals surface area contributed by atoms with Gasteiger partial charge in [-0.1, -0.05) is 42.8 Å². The van der Waals surface area contributed by atoms with Crippen LogP contribution < -0.4 is 4.74 Å². The molecule has 1 unspecified atom stereocenters. The molecule has 6 nitrogen and oxygen atoms in total. The van der Waals surface area contributed by atoms with E-state index < -0.39 is 16.1 Å². The number of para-hydroxylation sites is 1. The maximum Gasteiger partial charge on any atom is 0.243 e. The van der Waals surface area contributed by atoms with Gasteiger partial charge in [0.05, 0.1) is 11.5 Å². The van der Waals surface area contributed by atoms with Gasteiger partial charge in [0.25, 0.3) is 0 Å². The Labute approximate surface area is 184 Å². The number of hydrogen-bond acceptors (Lipinski definition) is 4.